The van der Waals surface area contributed by atoms with Gasteiger partial charge < -0.3 is 15.1 Å². The Labute approximate surface area is 123 Å². The fourth-order valence-corrected chi connectivity index (χ4v) is 2.72. The molecule has 1 fully saturated rings. The Balaban J connectivity index is 2.08. The summed E-state index contributed by atoms with van der Waals surface area (Å²) >= 11 is 0. The van der Waals surface area contributed by atoms with Gasteiger partial charge in [-0.3, -0.25) is 0 Å². The molecule has 1 aliphatic rings. The Kier molecular flexibility index (Phi) is 5.00. The Bertz CT molecular complexity index is 444. The Morgan fingerprint density at radius 3 is 2.70 bits per heavy atom. The highest BCUT2D eigenvalue weighted by Crippen LogP contribution is 2.20. The molecule has 112 valence electrons. The molecule has 2 heterocycles. The van der Waals surface area contributed by atoms with Crippen molar-refractivity contribution in [1.29, 1.82) is 0 Å². The monoisotopic (exact) mass is 276 g/mol. The number of pyridine rings is 1. The maximum atomic E-state index is 4.82. The number of aromatic nitrogens is 1. The molecular weight excluding hydrogens is 248 g/mol. The summed E-state index contributed by atoms with van der Waals surface area (Å²) in [5, 5.41) is 3.46. The van der Waals surface area contributed by atoms with Crippen molar-refractivity contribution in [2.45, 2.75) is 46.3 Å². The average Bonchev–Trinajstić information content (AvgIpc) is 2.37. The molecule has 2 rings (SSSR count). The van der Waals surface area contributed by atoms with Gasteiger partial charge in [-0.15, -0.1) is 0 Å². The number of hydrogen-bond acceptors (Lipinski definition) is 4. The number of likely N-dealkylation sites (N-methyl/N-ethyl adjacent to an activating group) is 1. The van der Waals surface area contributed by atoms with E-state index >= 15 is 0 Å². The lowest BCUT2D eigenvalue weighted by Gasteiger charge is -2.39. The molecule has 1 aromatic heterocycles. The van der Waals surface area contributed by atoms with Crippen molar-refractivity contribution in [3.63, 3.8) is 0 Å². The first-order chi connectivity index (χ1) is 9.47. The third-order valence-electron chi connectivity index (χ3n) is 4.01. The van der Waals surface area contributed by atoms with Crippen LogP contribution in [0.1, 0.15) is 32.0 Å². The van der Waals surface area contributed by atoms with Crippen LogP contribution in [0.25, 0.3) is 0 Å². The van der Waals surface area contributed by atoms with Gasteiger partial charge in [0, 0.05) is 44.0 Å². The molecule has 20 heavy (non-hydrogen) atoms. The first kappa shape index (κ1) is 15.3. The van der Waals surface area contributed by atoms with Crippen LogP contribution in [0.2, 0.25) is 0 Å². The smallest absolute Gasteiger partial charge is 0.129 e. The fourth-order valence-electron chi connectivity index (χ4n) is 2.72. The molecule has 0 amide bonds. The van der Waals surface area contributed by atoms with E-state index in [2.05, 4.69) is 62.0 Å². The highest BCUT2D eigenvalue weighted by atomic mass is 15.3. The minimum atomic E-state index is 0.506. The van der Waals surface area contributed by atoms with Gasteiger partial charge in [-0.05, 0) is 32.5 Å². The molecule has 1 aliphatic heterocycles. The zero-order valence-corrected chi connectivity index (χ0v) is 13.5. The SMILES string of the molecule is Cc1nc(N2CCN(C)CC2C)ccc1CNC(C)C. The summed E-state index contributed by atoms with van der Waals surface area (Å²) in [7, 11) is 2.19. The molecule has 1 atom stereocenters. The maximum Gasteiger partial charge on any atom is 0.129 e. The molecule has 1 N–H and O–H groups in total. The van der Waals surface area contributed by atoms with E-state index in [1.54, 1.807) is 0 Å². The summed E-state index contributed by atoms with van der Waals surface area (Å²) < 4.78 is 0. The predicted molar refractivity (Wildman–Crippen MR) is 85.3 cm³/mol. The molecular formula is C16H28N4. The summed E-state index contributed by atoms with van der Waals surface area (Å²) in [6.07, 6.45) is 0. The number of nitrogens with zero attached hydrogens (tertiary/aromatic N) is 3. The Hall–Kier alpha value is -1.13. The molecule has 1 aromatic rings. The van der Waals surface area contributed by atoms with Crippen molar-refractivity contribution in [3.05, 3.63) is 23.4 Å². The Morgan fingerprint density at radius 2 is 2.10 bits per heavy atom. The summed E-state index contributed by atoms with van der Waals surface area (Å²) in [6.45, 7) is 12.9. The summed E-state index contributed by atoms with van der Waals surface area (Å²) in [5.74, 6) is 1.12. The second-order valence-corrected chi connectivity index (χ2v) is 6.25. The van der Waals surface area contributed by atoms with Crippen molar-refractivity contribution in [3.8, 4) is 0 Å². The molecule has 0 saturated carbocycles. The van der Waals surface area contributed by atoms with Crippen LogP contribution in [0.5, 0.6) is 0 Å². The van der Waals surface area contributed by atoms with Crippen molar-refractivity contribution in [2.75, 3.05) is 31.6 Å². The van der Waals surface area contributed by atoms with Crippen LogP contribution in [0.4, 0.5) is 5.82 Å². The highest BCUT2D eigenvalue weighted by molar-refractivity contribution is 5.43. The van der Waals surface area contributed by atoms with E-state index in [9.17, 15) is 0 Å². The van der Waals surface area contributed by atoms with Gasteiger partial charge in [0.15, 0.2) is 0 Å². The van der Waals surface area contributed by atoms with E-state index in [1.807, 2.05) is 0 Å². The van der Waals surface area contributed by atoms with Crippen molar-refractivity contribution in [2.24, 2.45) is 0 Å². The molecule has 0 radical (unpaired) electrons. The van der Waals surface area contributed by atoms with Gasteiger partial charge in [0.25, 0.3) is 0 Å². The molecule has 4 nitrogen and oxygen atoms in total. The molecule has 1 unspecified atom stereocenters. The topological polar surface area (TPSA) is 31.4 Å². The number of hydrogen-bond donors (Lipinski definition) is 1. The van der Waals surface area contributed by atoms with Crippen molar-refractivity contribution in [1.82, 2.24) is 15.2 Å². The quantitative estimate of drug-likeness (QED) is 0.912. The van der Waals surface area contributed by atoms with Gasteiger partial charge in [0.2, 0.25) is 0 Å². The molecule has 0 spiro atoms. The first-order valence-electron chi connectivity index (χ1n) is 7.62. The van der Waals surface area contributed by atoms with Crippen LogP contribution in [-0.4, -0.2) is 48.6 Å². The largest absolute Gasteiger partial charge is 0.351 e. The van der Waals surface area contributed by atoms with Crippen molar-refractivity contribution < 1.29 is 0 Å². The third kappa shape index (κ3) is 3.70. The lowest BCUT2D eigenvalue weighted by Crippen LogP contribution is -2.50. The predicted octanol–water partition coefficient (Wildman–Crippen LogP) is 2.03. The zero-order chi connectivity index (χ0) is 14.7. The van der Waals surface area contributed by atoms with Crippen molar-refractivity contribution >= 4 is 5.82 Å². The van der Waals surface area contributed by atoms with Gasteiger partial charge in [-0.1, -0.05) is 19.9 Å². The summed E-state index contributed by atoms with van der Waals surface area (Å²) in [5.41, 5.74) is 2.44. The van der Waals surface area contributed by atoms with Crippen LogP contribution in [-0.2, 0) is 6.54 Å². The van der Waals surface area contributed by atoms with Crippen LogP contribution < -0.4 is 10.2 Å². The van der Waals surface area contributed by atoms with Crippen LogP contribution in [0.3, 0.4) is 0 Å². The highest BCUT2D eigenvalue weighted by Gasteiger charge is 2.22. The van der Waals surface area contributed by atoms with E-state index in [0.29, 0.717) is 12.1 Å². The van der Waals surface area contributed by atoms with E-state index in [4.69, 9.17) is 4.98 Å². The van der Waals surface area contributed by atoms with Gasteiger partial charge >= 0.3 is 0 Å². The lowest BCUT2D eigenvalue weighted by atomic mass is 10.1. The Morgan fingerprint density at radius 1 is 1.35 bits per heavy atom. The minimum Gasteiger partial charge on any atom is -0.351 e. The first-order valence-corrected chi connectivity index (χ1v) is 7.62. The number of aryl methyl sites for hydroxylation is 1. The lowest BCUT2D eigenvalue weighted by molar-refractivity contribution is 0.274. The maximum absolute atomic E-state index is 4.82. The van der Waals surface area contributed by atoms with E-state index in [-0.39, 0.29) is 0 Å². The normalized spacial score (nSPS) is 20.7. The minimum absolute atomic E-state index is 0.506. The van der Waals surface area contributed by atoms with Gasteiger partial charge in [-0.2, -0.15) is 0 Å². The zero-order valence-electron chi connectivity index (χ0n) is 13.5. The van der Waals surface area contributed by atoms with E-state index in [1.165, 1.54) is 5.56 Å². The third-order valence-corrected chi connectivity index (χ3v) is 4.01. The fraction of sp³-hybridized carbons (Fsp3) is 0.688. The molecule has 0 bridgehead atoms. The van der Waals surface area contributed by atoms with Gasteiger partial charge in [0.05, 0.1) is 0 Å². The number of rotatable bonds is 4. The van der Waals surface area contributed by atoms with E-state index < -0.39 is 0 Å². The molecule has 1 saturated heterocycles. The standard InChI is InChI=1S/C16H28N4/c1-12(2)17-10-15-6-7-16(18-14(15)4)20-9-8-19(5)11-13(20)3/h6-7,12-13,17H,8-11H2,1-5H3. The van der Waals surface area contributed by atoms with Crippen LogP contribution in [0, 0.1) is 6.92 Å². The average molecular weight is 276 g/mol. The number of nitrogens with one attached hydrogen (secondary N) is 1. The molecule has 4 heteroatoms. The van der Waals surface area contributed by atoms with Gasteiger partial charge in [-0.25, -0.2) is 4.98 Å². The van der Waals surface area contributed by atoms with Gasteiger partial charge in [0.1, 0.15) is 5.82 Å². The summed E-state index contributed by atoms with van der Waals surface area (Å²) in [4.78, 5) is 9.62. The van der Waals surface area contributed by atoms with Crippen LogP contribution in [0.15, 0.2) is 12.1 Å². The number of anilines is 1. The second-order valence-electron chi connectivity index (χ2n) is 6.25. The molecule has 0 aliphatic carbocycles. The molecule has 0 aromatic carbocycles. The van der Waals surface area contributed by atoms with Crippen LogP contribution >= 0.6 is 0 Å². The second kappa shape index (κ2) is 6.55. The summed E-state index contributed by atoms with van der Waals surface area (Å²) in [6, 6.07) is 5.43. The van der Waals surface area contributed by atoms with E-state index in [0.717, 1.165) is 37.7 Å². The number of piperazine rings is 1.